The SMILES string of the molecule is CC(C)C(=O)NNC(=O)NCc1ccc(-c2cc(Cl)cc(F)c2-c2nnn(C)n2)cc1F. The van der Waals surface area contributed by atoms with Crippen LogP contribution in [0.25, 0.3) is 22.5 Å². The molecule has 3 aromatic rings. The van der Waals surface area contributed by atoms with E-state index in [-0.39, 0.29) is 45.9 Å². The summed E-state index contributed by atoms with van der Waals surface area (Å²) in [4.78, 5) is 24.4. The molecule has 3 N–H and O–H groups in total. The van der Waals surface area contributed by atoms with E-state index in [4.69, 9.17) is 11.6 Å². The van der Waals surface area contributed by atoms with E-state index in [1.54, 1.807) is 19.9 Å². The van der Waals surface area contributed by atoms with E-state index in [2.05, 4.69) is 31.6 Å². The van der Waals surface area contributed by atoms with Crippen molar-refractivity contribution in [3.05, 3.63) is 52.6 Å². The second-order valence-corrected chi connectivity index (χ2v) is 7.61. The number of hydrazine groups is 1. The van der Waals surface area contributed by atoms with Crippen molar-refractivity contribution in [2.24, 2.45) is 13.0 Å². The van der Waals surface area contributed by atoms with Crippen LogP contribution < -0.4 is 16.2 Å². The van der Waals surface area contributed by atoms with Gasteiger partial charge in [-0.1, -0.05) is 37.6 Å². The predicted molar refractivity (Wildman–Crippen MR) is 113 cm³/mol. The average Bonchev–Trinajstić information content (AvgIpc) is 3.15. The Balaban J connectivity index is 1.80. The number of urea groups is 1. The molecule has 0 aliphatic carbocycles. The topological polar surface area (TPSA) is 114 Å². The van der Waals surface area contributed by atoms with Crippen LogP contribution in [0, 0.1) is 17.6 Å². The summed E-state index contributed by atoms with van der Waals surface area (Å²) >= 11 is 6.01. The van der Waals surface area contributed by atoms with Gasteiger partial charge >= 0.3 is 6.03 Å². The number of aryl methyl sites for hydroxylation is 1. The molecule has 12 heteroatoms. The van der Waals surface area contributed by atoms with Gasteiger partial charge in [-0.15, -0.1) is 10.2 Å². The molecule has 0 aliphatic rings. The molecule has 0 radical (unpaired) electrons. The van der Waals surface area contributed by atoms with Crippen LogP contribution in [0.4, 0.5) is 13.6 Å². The standard InChI is InChI=1S/C20H20ClF2N7O2/c1-10(2)19(31)26-27-20(32)24-9-12-5-4-11(6-15(12)22)14-7-13(21)8-16(23)17(14)18-25-29-30(3)28-18/h4-8,10H,9H2,1-3H3,(H,26,31)(H2,24,27,32). The Kier molecular flexibility index (Phi) is 6.98. The fraction of sp³-hybridized carbons (Fsp3) is 0.250. The van der Waals surface area contributed by atoms with Crippen molar-refractivity contribution in [2.45, 2.75) is 20.4 Å². The molecule has 0 saturated heterocycles. The number of benzene rings is 2. The van der Waals surface area contributed by atoms with Gasteiger partial charge in [0, 0.05) is 23.0 Å². The van der Waals surface area contributed by atoms with E-state index in [0.717, 1.165) is 6.07 Å². The molecular formula is C20H20ClF2N7O2. The van der Waals surface area contributed by atoms with Crippen LogP contribution in [0.1, 0.15) is 19.4 Å². The minimum absolute atomic E-state index is 0.0305. The van der Waals surface area contributed by atoms with Crippen molar-refractivity contribution in [1.29, 1.82) is 0 Å². The van der Waals surface area contributed by atoms with Crippen molar-refractivity contribution in [3.63, 3.8) is 0 Å². The Hall–Kier alpha value is -3.60. The fourth-order valence-electron chi connectivity index (χ4n) is 2.75. The van der Waals surface area contributed by atoms with E-state index in [0.29, 0.717) is 5.56 Å². The number of nitrogens with one attached hydrogen (secondary N) is 3. The molecule has 0 unspecified atom stereocenters. The molecule has 3 amide bonds. The highest BCUT2D eigenvalue weighted by molar-refractivity contribution is 6.31. The number of nitrogens with zero attached hydrogens (tertiary/aromatic N) is 4. The van der Waals surface area contributed by atoms with Gasteiger partial charge in [0.05, 0.1) is 12.6 Å². The predicted octanol–water partition coefficient (Wildman–Crippen LogP) is 2.96. The average molecular weight is 464 g/mol. The third-order valence-corrected chi connectivity index (χ3v) is 4.63. The summed E-state index contributed by atoms with van der Waals surface area (Å²) in [6, 6.07) is 6.10. The summed E-state index contributed by atoms with van der Waals surface area (Å²) in [5.41, 5.74) is 5.26. The van der Waals surface area contributed by atoms with Gasteiger partial charge in [0.1, 0.15) is 11.6 Å². The molecule has 0 spiro atoms. The number of rotatable bonds is 5. The molecule has 0 atom stereocenters. The largest absolute Gasteiger partial charge is 0.333 e. The third kappa shape index (κ3) is 5.35. The maximum Gasteiger partial charge on any atom is 0.333 e. The number of carbonyl (C=O) groups is 2. The first-order valence-corrected chi connectivity index (χ1v) is 9.89. The summed E-state index contributed by atoms with van der Waals surface area (Å²) in [6.07, 6.45) is 0. The zero-order valence-electron chi connectivity index (χ0n) is 17.4. The monoisotopic (exact) mass is 463 g/mol. The lowest BCUT2D eigenvalue weighted by Gasteiger charge is -2.12. The van der Waals surface area contributed by atoms with Crippen molar-refractivity contribution in [2.75, 3.05) is 0 Å². The van der Waals surface area contributed by atoms with Crippen LogP contribution >= 0.6 is 11.6 Å². The van der Waals surface area contributed by atoms with Gasteiger partial charge in [0.25, 0.3) is 0 Å². The third-order valence-electron chi connectivity index (χ3n) is 4.41. The van der Waals surface area contributed by atoms with E-state index >= 15 is 0 Å². The lowest BCUT2D eigenvalue weighted by molar-refractivity contribution is -0.124. The Labute approximate surface area is 187 Å². The highest BCUT2D eigenvalue weighted by Gasteiger charge is 2.19. The van der Waals surface area contributed by atoms with Crippen LogP contribution in [0.3, 0.4) is 0 Å². The Morgan fingerprint density at radius 3 is 2.50 bits per heavy atom. The van der Waals surface area contributed by atoms with Crippen molar-refractivity contribution < 1.29 is 18.4 Å². The second kappa shape index (κ2) is 9.69. The first-order chi connectivity index (χ1) is 15.2. The van der Waals surface area contributed by atoms with Crippen LogP contribution in [-0.4, -0.2) is 32.1 Å². The zero-order chi connectivity index (χ0) is 23.4. The smallest absolute Gasteiger partial charge is 0.333 e. The van der Waals surface area contributed by atoms with Crippen LogP contribution in [0.15, 0.2) is 30.3 Å². The fourth-order valence-corrected chi connectivity index (χ4v) is 2.96. The van der Waals surface area contributed by atoms with E-state index in [9.17, 15) is 18.4 Å². The molecule has 1 aromatic heterocycles. The van der Waals surface area contributed by atoms with Gasteiger partial charge in [-0.25, -0.2) is 19.0 Å². The molecule has 168 valence electrons. The molecule has 9 nitrogen and oxygen atoms in total. The summed E-state index contributed by atoms with van der Waals surface area (Å²) in [6.45, 7) is 3.20. The number of hydrogen-bond donors (Lipinski definition) is 3. The Bertz CT molecular complexity index is 1170. The Morgan fingerprint density at radius 1 is 1.12 bits per heavy atom. The van der Waals surface area contributed by atoms with E-state index < -0.39 is 17.7 Å². The van der Waals surface area contributed by atoms with Crippen molar-refractivity contribution in [3.8, 4) is 22.5 Å². The number of halogens is 3. The molecule has 32 heavy (non-hydrogen) atoms. The van der Waals surface area contributed by atoms with Crippen LogP contribution in [0.2, 0.25) is 5.02 Å². The number of hydrogen-bond acceptors (Lipinski definition) is 5. The second-order valence-electron chi connectivity index (χ2n) is 7.17. The Morgan fingerprint density at radius 2 is 1.88 bits per heavy atom. The minimum Gasteiger partial charge on any atom is -0.333 e. The normalized spacial score (nSPS) is 10.8. The maximum atomic E-state index is 14.7. The first-order valence-electron chi connectivity index (χ1n) is 9.51. The van der Waals surface area contributed by atoms with Gasteiger partial charge < -0.3 is 5.32 Å². The van der Waals surface area contributed by atoms with Gasteiger partial charge in [0.2, 0.25) is 11.7 Å². The first kappa shape index (κ1) is 23.1. The summed E-state index contributed by atoms with van der Waals surface area (Å²) < 4.78 is 29.4. The van der Waals surface area contributed by atoms with E-state index in [1.165, 1.54) is 30.0 Å². The highest BCUT2D eigenvalue weighted by atomic mass is 35.5. The molecule has 1 heterocycles. The molecule has 0 bridgehead atoms. The van der Waals surface area contributed by atoms with Crippen LogP contribution in [-0.2, 0) is 18.4 Å². The zero-order valence-corrected chi connectivity index (χ0v) is 18.2. The van der Waals surface area contributed by atoms with Gasteiger partial charge in [-0.3, -0.25) is 10.2 Å². The molecule has 2 aromatic carbocycles. The van der Waals surface area contributed by atoms with Gasteiger partial charge in [-0.2, -0.15) is 4.80 Å². The molecule has 0 aliphatic heterocycles. The number of aromatic nitrogens is 4. The molecular weight excluding hydrogens is 444 g/mol. The maximum absolute atomic E-state index is 14.7. The number of amides is 3. The van der Waals surface area contributed by atoms with Crippen molar-refractivity contribution in [1.82, 2.24) is 36.4 Å². The number of tetrazole rings is 1. The van der Waals surface area contributed by atoms with Crippen LogP contribution in [0.5, 0.6) is 0 Å². The lowest BCUT2D eigenvalue weighted by atomic mass is 9.97. The van der Waals surface area contributed by atoms with Crippen molar-refractivity contribution >= 4 is 23.5 Å². The van der Waals surface area contributed by atoms with Gasteiger partial charge in [0.15, 0.2) is 0 Å². The highest BCUT2D eigenvalue weighted by Crippen LogP contribution is 2.35. The molecule has 0 fully saturated rings. The van der Waals surface area contributed by atoms with E-state index in [1.807, 2.05) is 0 Å². The summed E-state index contributed by atoms with van der Waals surface area (Å²) in [5.74, 6) is -1.95. The minimum atomic E-state index is -0.699. The number of carbonyl (C=O) groups excluding carboxylic acids is 2. The summed E-state index contributed by atoms with van der Waals surface area (Å²) in [5, 5.41) is 14.1. The molecule has 0 saturated carbocycles. The summed E-state index contributed by atoms with van der Waals surface area (Å²) in [7, 11) is 1.54. The quantitative estimate of drug-likeness (QED) is 0.503. The lowest BCUT2D eigenvalue weighted by Crippen LogP contribution is -2.48. The van der Waals surface area contributed by atoms with Gasteiger partial charge in [-0.05, 0) is 34.5 Å². The molecule has 3 rings (SSSR count).